The lowest BCUT2D eigenvalue weighted by Crippen LogP contribution is -2.30. The summed E-state index contributed by atoms with van der Waals surface area (Å²) >= 11 is 5.17. The third-order valence-corrected chi connectivity index (χ3v) is 5.26. The van der Waals surface area contributed by atoms with Crippen LogP contribution in [0.1, 0.15) is 39.7 Å². The van der Waals surface area contributed by atoms with Crippen molar-refractivity contribution in [2.24, 2.45) is 0 Å². The molecule has 0 saturated heterocycles. The molecule has 1 N–H and O–H groups in total. The molecule has 0 spiro atoms. The molecule has 1 aliphatic rings. The van der Waals surface area contributed by atoms with E-state index in [0.29, 0.717) is 11.3 Å². The second kappa shape index (κ2) is 6.20. The Hall–Kier alpha value is -1.33. The fourth-order valence-electron chi connectivity index (χ4n) is 2.72. The number of nitrogens with one attached hydrogen (secondary N) is 1. The monoisotopic (exact) mass is 365 g/mol. The third kappa shape index (κ3) is 2.99. The van der Waals surface area contributed by atoms with Crippen LogP contribution in [0.3, 0.4) is 0 Å². The van der Waals surface area contributed by atoms with Gasteiger partial charge in [-0.2, -0.15) is 0 Å². The highest BCUT2D eigenvalue weighted by Gasteiger charge is 2.24. The number of fused-ring (bicyclic) bond motifs is 1. The van der Waals surface area contributed by atoms with E-state index in [9.17, 15) is 4.79 Å². The molecule has 1 atom stereocenters. The van der Waals surface area contributed by atoms with Crippen molar-refractivity contribution >= 4 is 33.2 Å². The maximum atomic E-state index is 12.5. The Morgan fingerprint density at radius 2 is 2.29 bits per heavy atom. The minimum atomic E-state index is -0.0802. The van der Waals surface area contributed by atoms with E-state index in [0.717, 1.165) is 23.7 Å². The van der Waals surface area contributed by atoms with Gasteiger partial charge in [0.2, 0.25) is 0 Å². The molecule has 1 aliphatic carbocycles. The number of ether oxygens (including phenoxy) is 1. The van der Waals surface area contributed by atoms with Crippen molar-refractivity contribution in [1.29, 1.82) is 0 Å². The highest BCUT2D eigenvalue weighted by molar-refractivity contribution is 9.10. The topological polar surface area (TPSA) is 38.3 Å². The number of rotatable bonds is 3. The van der Waals surface area contributed by atoms with Gasteiger partial charge in [0.25, 0.3) is 5.91 Å². The molecule has 0 saturated carbocycles. The fourth-order valence-corrected chi connectivity index (χ4v) is 4.05. The molecule has 0 radical (unpaired) electrons. The predicted molar refractivity (Wildman–Crippen MR) is 88.2 cm³/mol. The van der Waals surface area contributed by atoms with Crippen LogP contribution in [0, 0.1) is 0 Å². The van der Waals surface area contributed by atoms with Gasteiger partial charge in [-0.05, 0) is 54.5 Å². The zero-order chi connectivity index (χ0) is 14.8. The SMILES string of the molecule is COc1cc(Br)ccc1C(=O)NC1CCCc2sccc21. The standard InChI is InChI=1S/C16H16BrNO2S/c1-20-14-9-10(17)5-6-12(14)16(19)18-13-3-2-4-15-11(13)7-8-21-15/h5-9,13H,2-4H2,1H3,(H,18,19). The van der Waals surface area contributed by atoms with E-state index in [2.05, 4.69) is 32.7 Å². The molecular weight excluding hydrogens is 350 g/mol. The van der Waals surface area contributed by atoms with Gasteiger partial charge in [-0.3, -0.25) is 4.79 Å². The quantitative estimate of drug-likeness (QED) is 0.878. The second-order valence-corrected chi connectivity index (χ2v) is 6.98. The van der Waals surface area contributed by atoms with Crippen LogP contribution >= 0.6 is 27.3 Å². The maximum Gasteiger partial charge on any atom is 0.255 e. The first-order valence-electron chi connectivity index (χ1n) is 6.89. The summed E-state index contributed by atoms with van der Waals surface area (Å²) in [6.45, 7) is 0. The average molecular weight is 366 g/mol. The number of carbonyl (C=O) groups is 1. The molecule has 1 heterocycles. The summed E-state index contributed by atoms with van der Waals surface area (Å²) in [7, 11) is 1.58. The van der Waals surface area contributed by atoms with Gasteiger partial charge >= 0.3 is 0 Å². The van der Waals surface area contributed by atoms with Crippen LogP contribution in [0.5, 0.6) is 5.75 Å². The van der Waals surface area contributed by atoms with E-state index < -0.39 is 0 Å². The summed E-state index contributed by atoms with van der Waals surface area (Å²) in [5.74, 6) is 0.506. The number of aryl methyl sites for hydroxylation is 1. The van der Waals surface area contributed by atoms with Crippen molar-refractivity contribution in [3.63, 3.8) is 0 Å². The molecular formula is C16H16BrNO2S. The van der Waals surface area contributed by atoms with Crippen LogP contribution in [0.25, 0.3) is 0 Å². The summed E-state index contributed by atoms with van der Waals surface area (Å²) in [5.41, 5.74) is 1.85. The van der Waals surface area contributed by atoms with Gasteiger partial charge in [-0.15, -0.1) is 11.3 Å². The highest BCUT2D eigenvalue weighted by Crippen LogP contribution is 2.34. The van der Waals surface area contributed by atoms with Crippen LogP contribution in [-0.4, -0.2) is 13.0 Å². The molecule has 3 rings (SSSR count). The Kier molecular flexibility index (Phi) is 4.31. The number of amides is 1. The maximum absolute atomic E-state index is 12.5. The van der Waals surface area contributed by atoms with Crippen LogP contribution in [-0.2, 0) is 6.42 Å². The molecule has 0 bridgehead atoms. The first-order valence-corrected chi connectivity index (χ1v) is 8.57. The minimum Gasteiger partial charge on any atom is -0.496 e. The number of hydrogen-bond donors (Lipinski definition) is 1. The molecule has 0 aliphatic heterocycles. The fraction of sp³-hybridized carbons (Fsp3) is 0.312. The van der Waals surface area contributed by atoms with Gasteiger partial charge in [0.1, 0.15) is 5.75 Å². The van der Waals surface area contributed by atoms with E-state index >= 15 is 0 Å². The van der Waals surface area contributed by atoms with Crippen molar-refractivity contribution in [2.45, 2.75) is 25.3 Å². The zero-order valence-corrected chi connectivity index (χ0v) is 14.1. The van der Waals surface area contributed by atoms with Crippen LogP contribution in [0.2, 0.25) is 0 Å². The lowest BCUT2D eigenvalue weighted by atomic mass is 9.94. The molecule has 5 heteroatoms. The van der Waals surface area contributed by atoms with Crippen LogP contribution in [0.4, 0.5) is 0 Å². The molecule has 1 amide bonds. The molecule has 1 aromatic carbocycles. The summed E-state index contributed by atoms with van der Waals surface area (Å²) in [6, 6.07) is 7.69. The Morgan fingerprint density at radius 1 is 1.43 bits per heavy atom. The normalized spacial score (nSPS) is 17.1. The number of carbonyl (C=O) groups excluding carboxylic acids is 1. The highest BCUT2D eigenvalue weighted by atomic mass is 79.9. The minimum absolute atomic E-state index is 0.0802. The average Bonchev–Trinajstić information content (AvgIpc) is 2.96. The van der Waals surface area contributed by atoms with E-state index in [4.69, 9.17) is 4.74 Å². The van der Waals surface area contributed by atoms with Crippen molar-refractivity contribution in [1.82, 2.24) is 5.32 Å². The first-order chi connectivity index (χ1) is 10.2. The van der Waals surface area contributed by atoms with Gasteiger partial charge in [0.05, 0.1) is 18.7 Å². The molecule has 0 fully saturated rings. The van der Waals surface area contributed by atoms with Crippen molar-refractivity contribution in [3.8, 4) is 5.75 Å². The van der Waals surface area contributed by atoms with Gasteiger partial charge in [-0.1, -0.05) is 15.9 Å². The number of methoxy groups -OCH3 is 1. The summed E-state index contributed by atoms with van der Waals surface area (Å²) < 4.78 is 6.20. The first kappa shape index (κ1) is 14.6. The van der Waals surface area contributed by atoms with E-state index in [1.165, 1.54) is 10.4 Å². The largest absolute Gasteiger partial charge is 0.496 e. The van der Waals surface area contributed by atoms with Gasteiger partial charge in [0, 0.05) is 9.35 Å². The van der Waals surface area contributed by atoms with Crippen molar-refractivity contribution < 1.29 is 9.53 Å². The Morgan fingerprint density at radius 3 is 3.10 bits per heavy atom. The van der Waals surface area contributed by atoms with E-state index in [-0.39, 0.29) is 11.9 Å². The zero-order valence-electron chi connectivity index (χ0n) is 11.7. The van der Waals surface area contributed by atoms with Crippen LogP contribution < -0.4 is 10.1 Å². The molecule has 110 valence electrons. The van der Waals surface area contributed by atoms with Crippen molar-refractivity contribution in [3.05, 3.63) is 50.1 Å². The Labute approximate surface area is 136 Å². The van der Waals surface area contributed by atoms with E-state index in [1.807, 2.05) is 12.1 Å². The molecule has 21 heavy (non-hydrogen) atoms. The molecule has 3 nitrogen and oxygen atoms in total. The van der Waals surface area contributed by atoms with Crippen molar-refractivity contribution in [2.75, 3.05) is 7.11 Å². The number of hydrogen-bond acceptors (Lipinski definition) is 3. The predicted octanol–water partition coefficient (Wildman–Crippen LogP) is 4.33. The smallest absolute Gasteiger partial charge is 0.255 e. The van der Waals surface area contributed by atoms with Crippen LogP contribution in [0.15, 0.2) is 34.1 Å². The van der Waals surface area contributed by atoms with E-state index in [1.54, 1.807) is 24.5 Å². The number of benzene rings is 1. The lowest BCUT2D eigenvalue weighted by molar-refractivity contribution is 0.0930. The number of thiophene rings is 1. The Bertz CT molecular complexity index is 668. The van der Waals surface area contributed by atoms with Gasteiger partial charge < -0.3 is 10.1 Å². The lowest BCUT2D eigenvalue weighted by Gasteiger charge is -2.24. The summed E-state index contributed by atoms with van der Waals surface area (Å²) in [6.07, 6.45) is 3.24. The summed E-state index contributed by atoms with van der Waals surface area (Å²) in [4.78, 5) is 13.9. The number of halogens is 1. The molecule has 1 unspecified atom stereocenters. The molecule has 1 aromatic heterocycles. The third-order valence-electron chi connectivity index (χ3n) is 3.77. The summed E-state index contributed by atoms with van der Waals surface area (Å²) in [5, 5.41) is 5.25. The molecule has 2 aromatic rings. The second-order valence-electron chi connectivity index (χ2n) is 5.06. The van der Waals surface area contributed by atoms with Gasteiger partial charge in [0.15, 0.2) is 0 Å². The Balaban J connectivity index is 1.82. The van der Waals surface area contributed by atoms with Gasteiger partial charge in [-0.25, -0.2) is 0 Å².